The Kier molecular flexibility index (Phi) is 9.07. The van der Waals surface area contributed by atoms with E-state index in [0.29, 0.717) is 36.0 Å². The largest absolute Gasteiger partial charge is 0.477 e. The van der Waals surface area contributed by atoms with E-state index in [9.17, 15) is 19.5 Å². The average Bonchev–Trinajstić information content (AvgIpc) is 3.52. The molecule has 1 aromatic heterocycles. The Morgan fingerprint density at radius 2 is 1.74 bits per heavy atom. The van der Waals surface area contributed by atoms with E-state index >= 15 is 0 Å². The van der Waals surface area contributed by atoms with Crippen LogP contribution in [0.15, 0.2) is 6.07 Å². The minimum absolute atomic E-state index is 0.0278. The van der Waals surface area contributed by atoms with Crippen LogP contribution in [0.1, 0.15) is 106 Å². The molecule has 38 heavy (non-hydrogen) atoms. The molecule has 1 saturated heterocycles. The molecule has 0 unspecified atom stereocenters. The first-order chi connectivity index (χ1) is 18.0. The van der Waals surface area contributed by atoms with E-state index in [-0.39, 0.29) is 40.4 Å². The van der Waals surface area contributed by atoms with Crippen molar-refractivity contribution < 1.29 is 24.2 Å². The van der Waals surface area contributed by atoms with Gasteiger partial charge in [-0.05, 0) is 90.5 Å². The van der Waals surface area contributed by atoms with Crippen molar-refractivity contribution in [1.29, 1.82) is 0 Å². The minimum atomic E-state index is -1.06. The molecular weight excluding hydrogens is 500 g/mol. The third-order valence-electron chi connectivity index (χ3n) is 7.94. The molecule has 8 heteroatoms. The van der Waals surface area contributed by atoms with E-state index in [1.807, 2.05) is 20.8 Å². The first kappa shape index (κ1) is 28.5. The van der Waals surface area contributed by atoms with Gasteiger partial charge in [0.05, 0.1) is 16.6 Å². The summed E-state index contributed by atoms with van der Waals surface area (Å²) in [5.74, 6) is 5.67. The van der Waals surface area contributed by atoms with Gasteiger partial charge in [-0.3, -0.25) is 4.79 Å². The van der Waals surface area contributed by atoms with Gasteiger partial charge in [0.25, 0.3) is 0 Å². The van der Waals surface area contributed by atoms with Crippen LogP contribution >= 0.6 is 11.3 Å². The van der Waals surface area contributed by atoms with Gasteiger partial charge in [0.15, 0.2) is 0 Å². The third-order valence-corrected chi connectivity index (χ3v) is 8.96. The smallest absolute Gasteiger partial charge is 0.410 e. The molecule has 2 amide bonds. The predicted octanol–water partition coefficient (Wildman–Crippen LogP) is 6.55. The lowest BCUT2D eigenvalue weighted by molar-refractivity contribution is -0.124. The molecule has 0 aromatic carbocycles. The maximum absolute atomic E-state index is 14.1. The molecule has 1 aromatic rings. The summed E-state index contributed by atoms with van der Waals surface area (Å²) >= 11 is 1.12. The molecular formula is C30H42N2O5S. The van der Waals surface area contributed by atoms with Crippen molar-refractivity contribution in [3.8, 4) is 11.8 Å². The van der Waals surface area contributed by atoms with E-state index in [1.54, 1.807) is 15.9 Å². The SMILES string of the molecule is CC(C)(C)C#Cc1cc(N(C(=O)[C@H]2CC[C@H](C)CC2)[C@H]2CCN(C(=O)OC3CCCCC3)C2)c(C(=O)O)s1. The van der Waals surface area contributed by atoms with Crippen LogP contribution in [0.2, 0.25) is 0 Å². The van der Waals surface area contributed by atoms with Gasteiger partial charge >= 0.3 is 12.1 Å². The Balaban J connectivity index is 1.61. The number of carboxylic acid groups (broad SMARTS) is 1. The van der Waals surface area contributed by atoms with Crippen LogP contribution in [0, 0.1) is 29.1 Å². The van der Waals surface area contributed by atoms with Gasteiger partial charge < -0.3 is 19.6 Å². The molecule has 2 saturated carbocycles. The summed E-state index contributed by atoms with van der Waals surface area (Å²) < 4.78 is 5.80. The number of carboxylic acids is 1. The second-order valence-electron chi connectivity index (χ2n) is 12.3. The van der Waals surface area contributed by atoms with Gasteiger partial charge in [-0.2, -0.15) is 0 Å². The summed E-state index contributed by atoms with van der Waals surface area (Å²) in [5, 5.41) is 10.1. The maximum Gasteiger partial charge on any atom is 0.410 e. The Morgan fingerprint density at radius 1 is 1.05 bits per heavy atom. The molecule has 0 spiro atoms. The van der Waals surface area contributed by atoms with Crippen molar-refractivity contribution in [3.63, 3.8) is 0 Å². The Morgan fingerprint density at radius 3 is 2.37 bits per heavy atom. The average molecular weight is 543 g/mol. The molecule has 3 fully saturated rings. The number of anilines is 1. The van der Waals surface area contributed by atoms with Crippen molar-refractivity contribution in [2.75, 3.05) is 18.0 Å². The van der Waals surface area contributed by atoms with E-state index in [1.165, 1.54) is 6.42 Å². The normalized spacial score (nSPS) is 24.4. The van der Waals surface area contributed by atoms with E-state index in [0.717, 1.165) is 62.7 Å². The molecule has 3 aliphatic rings. The standard InChI is InChI=1S/C30H42N2O5S/c1-20-10-12-21(13-11-20)27(33)32(25-18-24(14-16-30(2,3)4)38-26(25)28(34)35)22-15-17-31(19-22)29(36)37-23-8-6-5-7-9-23/h18,20-23H,5-13,15,17,19H2,1-4H3,(H,34,35)/t20-,21-,22-/m0/s1. The summed E-state index contributed by atoms with van der Waals surface area (Å²) in [7, 11) is 0. The van der Waals surface area contributed by atoms with Crippen molar-refractivity contribution in [2.45, 2.75) is 104 Å². The lowest BCUT2D eigenvalue weighted by Crippen LogP contribution is -2.47. The van der Waals surface area contributed by atoms with E-state index < -0.39 is 5.97 Å². The van der Waals surface area contributed by atoms with Gasteiger partial charge in [0.2, 0.25) is 5.91 Å². The van der Waals surface area contributed by atoms with Crippen molar-refractivity contribution in [1.82, 2.24) is 4.90 Å². The Hall–Kier alpha value is -2.53. The van der Waals surface area contributed by atoms with Crippen molar-refractivity contribution >= 4 is 35.0 Å². The Labute approximate surface area is 230 Å². The summed E-state index contributed by atoms with van der Waals surface area (Å²) in [6.45, 7) is 9.07. The second-order valence-corrected chi connectivity index (χ2v) is 13.4. The zero-order valence-electron chi connectivity index (χ0n) is 23.3. The number of hydrogen-bond acceptors (Lipinski definition) is 5. The number of thiophene rings is 1. The minimum Gasteiger partial charge on any atom is -0.477 e. The number of ether oxygens (including phenoxy) is 1. The molecule has 1 atom stereocenters. The zero-order valence-corrected chi connectivity index (χ0v) is 24.1. The second kappa shape index (κ2) is 12.1. The van der Waals surface area contributed by atoms with E-state index in [2.05, 4.69) is 18.8 Å². The number of carbonyl (C=O) groups is 3. The van der Waals surface area contributed by atoms with Crippen molar-refractivity contribution in [3.05, 3.63) is 15.8 Å². The van der Waals surface area contributed by atoms with Gasteiger partial charge in [0.1, 0.15) is 11.0 Å². The molecule has 4 rings (SSSR count). The summed E-state index contributed by atoms with van der Waals surface area (Å²) in [6, 6.07) is 1.47. The third kappa shape index (κ3) is 7.11. The van der Waals surface area contributed by atoms with Gasteiger partial charge in [-0.15, -0.1) is 11.3 Å². The summed E-state index contributed by atoms with van der Waals surface area (Å²) in [5.41, 5.74) is 0.184. The molecule has 0 radical (unpaired) electrons. The quantitative estimate of drug-likeness (QED) is 0.427. The topological polar surface area (TPSA) is 87.2 Å². The highest BCUT2D eigenvalue weighted by Crippen LogP contribution is 2.38. The highest BCUT2D eigenvalue weighted by molar-refractivity contribution is 7.15. The van der Waals surface area contributed by atoms with Gasteiger partial charge in [-0.1, -0.05) is 25.2 Å². The molecule has 208 valence electrons. The number of carbonyl (C=O) groups excluding carboxylic acids is 2. The predicted molar refractivity (Wildman–Crippen MR) is 150 cm³/mol. The monoisotopic (exact) mass is 542 g/mol. The van der Waals surface area contributed by atoms with Gasteiger partial charge in [-0.25, -0.2) is 9.59 Å². The fourth-order valence-corrected chi connectivity index (χ4v) is 6.58. The number of likely N-dealkylation sites (tertiary alicyclic amines) is 1. The zero-order chi connectivity index (χ0) is 27.4. The molecule has 2 aliphatic carbocycles. The fourth-order valence-electron chi connectivity index (χ4n) is 5.74. The number of nitrogens with zero attached hydrogens (tertiary/aromatic N) is 2. The number of aromatic carboxylic acids is 1. The first-order valence-corrected chi connectivity index (χ1v) is 15.0. The fraction of sp³-hybridized carbons (Fsp3) is 0.700. The number of hydrogen-bond donors (Lipinski definition) is 1. The number of rotatable bonds is 5. The van der Waals surface area contributed by atoms with Crippen molar-refractivity contribution in [2.24, 2.45) is 17.3 Å². The molecule has 1 N–H and O–H groups in total. The highest BCUT2D eigenvalue weighted by Gasteiger charge is 2.40. The van der Waals surface area contributed by atoms with Crippen LogP contribution in [0.4, 0.5) is 10.5 Å². The molecule has 0 bridgehead atoms. The highest BCUT2D eigenvalue weighted by atomic mass is 32.1. The van der Waals surface area contributed by atoms with Crippen LogP contribution in [0.25, 0.3) is 0 Å². The van der Waals surface area contributed by atoms with Crippen LogP contribution < -0.4 is 4.90 Å². The summed E-state index contributed by atoms with van der Waals surface area (Å²) in [4.78, 5) is 43.5. The molecule has 2 heterocycles. The lowest BCUT2D eigenvalue weighted by atomic mass is 9.82. The molecule has 1 aliphatic heterocycles. The maximum atomic E-state index is 14.1. The van der Waals surface area contributed by atoms with E-state index in [4.69, 9.17) is 4.74 Å². The van der Waals surface area contributed by atoms with Crippen LogP contribution in [0.3, 0.4) is 0 Å². The first-order valence-electron chi connectivity index (χ1n) is 14.2. The van der Waals surface area contributed by atoms with Crippen LogP contribution in [-0.2, 0) is 9.53 Å². The summed E-state index contributed by atoms with van der Waals surface area (Å²) in [6.07, 6.45) is 9.00. The van der Waals surface area contributed by atoms with Crippen LogP contribution in [-0.4, -0.2) is 53.2 Å². The molecule has 7 nitrogen and oxygen atoms in total. The van der Waals surface area contributed by atoms with Crippen LogP contribution in [0.5, 0.6) is 0 Å². The Bertz CT molecular complexity index is 1080. The van der Waals surface area contributed by atoms with Gasteiger partial charge in [0, 0.05) is 24.4 Å². The lowest BCUT2D eigenvalue weighted by Gasteiger charge is -2.34. The number of amides is 2.